The van der Waals surface area contributed by atoms with E-state index in [-0.39, 0.29) is 18.1 Å². The van der Waals surface area contributed by atoms with Gasteiger partial charge in [-0.25, -0.2) is 14.4 Å². The van der Waals surface area contributed by atoms with E-state index in [0.29, 0.717) is 11.8 Å². The normalized spacial score (nSPS) is 14.1. The number of carbonyl (C=O) groups is 1. The molecule has 0 radical (unpaired) electrons. The number of rotatable bonds is 5. The zero-order valence-corrected chi connectivity index (χ0v) is 14.2. The third kappa shape index (κ3) is 2.91. The van der Waals surface area contributed by atoms with Gasteiger partial charge in [-0.15, -0.1) is 0 Å². The number of carbonyl (C=O) groups excluding carboxylic acids is 1. The number of fused-ring (bicyclic) bond motifs is 1. The van der Waals surface area contributed by atoms with Gasteiger partial charge in [-0.3, -0.25) is 4.79 Å². The topological polar surface area (TPSA) is 57.0 Å². The highest BCUT2D eigenvalue weighted by Gasteiger charge is 2.26. The minimum absolute atomic E-state index is 0.167. The first-order valence-electron chi connectivity index (χ1n) is 7.55. The number of benzene rings is 1. The molecule has 1 aliphatic carbocycles. The first kappa shape index (κ1) is 15.3. The van der Waals surface area contributed by atoms with Crippen molar-refractivity contribution < 1.29 is 13.9 Å². The fourth-order valence-electron chi connectivity index (χ4n) is 2.60. The Bertz CT molecular complexity index is 919. The van der Waals surface area contributed by atoms with Crippen molar-refractivity contribution in [3.05, 3.63) is 52.8 Å². The van der Waals surface area contributed by atoms with Crippen LogP contribution in [-0.2, 0) is 0 Å². The maximum atomic E-state index is 12.9. The summed E-state index contributed by atoms with van der Waals surface area (Å²) >= 11 is 3.44. The highest BCUT2D eigenvalue weighted by molar-refractivity contribution is 9.10. The summed E-state index contributed by atoms with van der Waals surface area (Å²) < 4.78 is 21.6. The number of hydrogen-bond donors (Lipinski definition) is 0. The fraction of sp³-hybridized carbons (Fsp3) is 0.235. The van der Waals surface area contributed by atoms with E-state index in [4.69, 9.17) is 4.74 Å². The van der Waals surface area contributed by atoms with Crippen LogP contribution in [0.3, 0.4) is 0 Å². The second-order valence-electron chi connectivity index (χ2n) is 5.73. The number of pyridine rings is 1. The molecule has 0 atom stereocenters. The third-order valence-corrected chi connectivity index (χ3v) is 4.37. The van der Waals surface area contributed by atoms with E-state index in [2.05, 4.69) is 30.5 Å². The van der Waals surface area contributed by atoms with Crippen LogP contribution < -0.4 is 4.74 Å². The summed E-state index contributed by atoms with van der Waals surface area (Å²) in [6, 6.07) is 6.76. The molecule has 1 fully saturated rings. The maximum Gasteiger partial charge on any atom is 0.218 e. The monoisotopic (exact) mass is 389 g/mol. The van der Waals surface area contributed by atoms with Gasteiger partial charge >= 0.3 is 0 Å². The lowest BCUT2D eigenvalue weighted by Crippen LogP contribution is -2.13. The molecule has 1 aromatic carbocycles. The van der Waals surface area contributed by atoms with Gasteiger partial charge in [0.05, 0.1) is 18.0 Å². The van der Waals surface area contributed by atoms with Crippen LogP contribution >= 0.6 is 15.9 Å². The van der Waals surface area contributed by atoms with Crippen molar-refractivity contribution in [1.82, 2.24) is 14.5 Å². The number of aromatic nitrogens is 3. The largest absolute Gasteiger partial charge is 0.483 e. The summed E-state index contributed by atoms with van der Waals surface area (Å²) in [7, 11) is 0. The molecule has 7 heteroatoms. The van der Waals surface area contributed by atoms with E-state index in [9.17, 15) is 9.18 Å². The van der Waals surface area contributed by atoms with E-state index in [1.807, 2.05) is 18.5 Å². The van der Waals surface area contributed by atoms with E-state index in [0.717, 1.165) is 34.5 Å². The van der Waals surface area contributed by atoms with Gasteiger partial charge in [0.25, 0.3) is 0 Å². The van der Waals surface area contributed by atoms with Crippen LogP contribution in [0, 0.1) is 5.82 Å². The molecule has 24 heavy (non-hydrogen) atoms. The molecule has 1 aliphatic rings. The first-order valence-corrected chi connectivity index (χ1v) is 8.35. The molecule has 0 amide bonds. The van der Waals surface area contributed by atoms with E-state index in [1.165, 1.54) is 12.1 Å². The molecule has 2 heterocycles. The maximum absolute atomic E-state index is 12.9. The van der Waals surface area contributed by atoms with Crippen LogP contribution in [0.1, 0.15) is 29.4 Å². The van der Waals surface area contributed by atoms with Crippen molar-refractivity contribution >= 4 is 32.7 Å². The average molecular weight is 390 g/mol. The Morgan fingerprint density at radius 3 is 2.88 bits per heavy atom. The van der Waals surface area contributed by atoms with E-state index >= 15 is 0 Å². The van der Waals surface area contributed by atoms with Gasteiger partial charge in [-0.2, -0.15) is 0 Å². The lowest BCUT2D eigenvalue weighted by Gasteiger charge is -2.10. The van der Waals surface area contributed by atoms with Gasteiger partial charge in [-0.1, -0.05) is 15.9 Å². The zero-order valence-electron chi connectivity index (χ0n) is 12.6. The molecule has 5 nitrogen and oxygen atoms in total. The Kier molecular flexibility index (Phi) is 3.80. The lowest BCUT2D eigenvalue weighted by molar-refractivity contribution is 0.0917. The summed E-state index contributed by atoms with van der Waals surface area (Å²) in [5.41, 5.74) is 1.89. The first-order chi connectivity index (χ1) is 11.6. The summed E-state index contributed by atoms with van der Waals surface area (Å²) in [4.78, 5) is 20.4. The van der Waals surface area contributed by atoms with Gasteiger partial charge in [0.2, 0.25) is 5.78 Å². The van der Waals surface area contributed by atoms with Crippen molar-refractivity contribution in [2.45, 2.75) is 18.9 Å². The SMILES string of the molecule is O=C(COc1cc(Br)cc2ncn(C3CC3)c12)c1ccc(F)cn1. The molecular formula is C17H13BrFN3O2. The smallest absolute Gasteiger partial charge is 0.218 e. The molecule has 122 valence electrons. The number of Topliss-reactive ketones (excluding diaryl/α,β-unsaturated/α-hetero) is 1. The molecule has 0 spiro atoms. The molecule has 4 rings (SSSR count). The van der Waals surface area contributed by atoms with Gasteiger partial charge in [-0.05, 0) is 37.1 Å². The second-order valence-corrected chi connectivity index (χ2v) is 6.64. The molecule has 1 saturated carbocycles. The molecule has 2 aromatic heterocycles. The Hall–Kier alpha value is -2.28. The van der Waals surface area contributed by atoms with Crippen molar-refractivity contribution in [3.8, 4) is 5.75 Å². The summed E-state index contributed by atoms with van der Waals surface area (Å²) in [5, 5.41) is 0. The number of imidazole rings is 1. The van der Waals surface area contributed by atoms with Gasteiger partial charge in [0, 0.05) is 10.5 Å². The van der Waals surface area contributed by atoms with Crippen LogP contribution in [-0.4, -0.2) is 26.9 Å². The molecular weight excluding hydrogens is 377 g/mol. The molecule has 0 unspecified atom stereocenters. The molecule has 3 aromatic rings. The Balaban J connectivity index is 1.60. The van der Waals surface area contributed by atoms with Crippen LogP contribution in [0.2, 0.25) is 0 Å². The van der Waals surface area contributed by atoms with Crippen LogP contribution in [0.25, 0.3) is 11.0 Å². The van der Waals surface area contributed by atoms with Gasteiger partial charge in [0.15, 0.2) is 6.61 Å². The quantitative estimate of drug-likeness (QED) is 0.620. The number of nitrogens with zero attached hydrogens (tertiary/aromatic N) is 3. The highest BCUT2D eigenvalue weighted by Crippen LogP contribution is 2.40. The Morgan fingerprint density at radius 2 is 2.17 bits per heavy atom. The van der Waals surface area contributed by atoms with Gasteiger partial charge < -0.3 is 9.30 Å². The number of hydrogen-bond acceptors (Lipinski definition) is 4. The Labute approximate surface area is 145 Å². The summed E-state index contributed by atoms with van der Waals surface area (Å²) in [6.07, 6.45) is 5.08. The van der Waals surface area contributed by atoms with Crippen LogP contribution in [0.15, 0.2) is 41.3 Å². The van der Waals surface area contributed by atoms with Crippen molar-refractivity contribution in [1.29, 1.82) is 0 Å². The molecule has 0 aliphatic heterocycles. The highest BCUT2D eigenvalue weighted by atomic mass is 79.9. The van der Waals surface area contributed by atoms with Crippen LogP contribution in [0.5, 0.6) is 5.75 Å². The van der Waals surface area contributed by atoms with Gasteiger partial charge in [0.1, 0.15) is 22.8 Å². The minimum atomic E-state index is -0.477. The second kappa shape index (κ2) is 5.98. The molecule has 0 saturated heterocycles. The van der Waals surface area contributed by atoms with E-state index < -0.39 is 5.82 Å². The zero-order chi connectivity index (χ0) is 16.7. The molecule has 0 bridgehead atoms. The molecule has 0 N–H and O–H groups in total. The number of ketones is 1. The van der Waals surface area contributed by atoms with Crippen LogP contribution in [0.4, 0.5) is 4.39 Å². The van der Waals surface area contributed by atoms with Crippen molar-refractivity contribution in [2.24, 2.45) is 0 Å². The Morgan fingerprint density at radius 1 is 1.33 bits per heavy atom. The summed E-state index contributed by atoms with van der Waals surface area (Å²) in [6.45, 7) is -0.167. The predicted molar refractivity (Wildman–Crippen MR) is 89.7 cm³/mol. The number of halogens is 2. The predicted octanol–water partition coefficient (Wildman–Crippen LogP) is 3.93. The average Bonchev–Trinajstić information content (AvgIpc) is 3.33. The summed E-state index contributed by atoms with van der Waals surface area (Å²) in [5.74, 6) is -0.186. The standard InChI is InChI=1S/C17H13BrFN3O2/c18-10-5-14-17(22(9-21-14)12-2-3-12)16(6-10)24-8-15(23)13-4-1-11(19)7-20-13/h1,4-7,9,12H,2-3,8H2. The van der Waals surface area contributed by atoms with Crippen molar-refractivity contribution in [2.75, 3.05) is 6.61 Å². The van der Waals surface area contributed by atoms with Crippen molar-refractivity contribution in [3.63, 3.8) is 0 Å². The minimum Gasteiger partial charge on any atom is -0.483 e. The lowest BCUT2D eigenvalue weighted by atomic mass is 10.2. The fourth-order valence-corrected chi connectivity index (χ4v) is 3.02. The third-order valence-electron chi connectivity index (χ3n) is 3.91. The van der Waals surface area contributed by atoms with E-state index in [1.54, 1.807) is 0 Å². The number of ether oxygens (including phenoxy) is 1.